The molecule has 0 fully saturated rings. The number of carbonyl (C=O) groups excluding carboxylic acids is 1. The minimum Gasteiger partial charge on any atom is -0.478 e. The first kappa shape index (κ1) is 16.4. The molecule has 0 rings (SSSR count). The molecule has 0 saturated carbocycles. The Bertz CT molecular complexity index is 359. The molecule has 0 aliphatic heterocycles. The van der Waals surface area contributed by atoms with Crippen molar-refractivity contribution in [1.82, 2.24) is 9.80 Å². The van der Waals surface area contributed by atoms with Crippen LogP contribution in [0.4, 0.5) is 0 Å². The predicted octanol–water partition coefficient (Wildman–Crippen LogP) is 1.33. The molecule has 0 heterocycles. The molecule has 0 saturated heterocycles. The molecule has 0 aromatic heterocycles. The van der Waals surface area contributed by atoms with E-state index in [4.69, 9.17) is 5.11 Å². The first-order chi connectivity index (χ1) is 8.25. The van der Waals surface area contributed by atoms with Crippen molar-refractivity contribution >= 4 is 11.9 Å². The van der Waals surface area contributed by atoms with Gasteiger partial charge in [0, 0.05) is 18.3 Å². The monoisotopic (exact) mass is 254 g/mol. The lowest BCUT2D eigenvalue weighted by Crippen LogP contribution is -2.30. The maximum Gasteiger partial charge on any atom is 0.332 e. The summed E-state index contributed by atoms with van der Waals surface area (Å²) in [7, 11) is 3.90. The molecule has 0 radical (unpaired) electrons. The number of carboxylic acid groups (broad SMARTS) is 1. The topological polar surface area (TPSA) is 60.9 Å². The van der Waals surface area contributed by atoms with Gasteiger partial charge in [-0.25, -0.2) is 4.79 Å². The van der Waals surface area contributed by atoms with Crippen molar-refractivity contribution in [2.45, 2.75) is 20.3 Å². The van der Waals surface area contributed by atoms with Crippen molar-refractivity contribution in [3.63, 3.8) is 0 Å². The van der Waals surface area contributed by atoms with Crippen LogP contribution in [0.5, 0.6) is 0 Å². The zero-order chi connectivity index (χ0) is 14.3. The molecule has 0 aliphatic carbocycles. The molecule has 18 heavy (non-hydrogen) atoms. The number of amides is 1. The van der Waals surface area contributed by atoms with Crippen LogP contribution in [0.1, 0.15) is 20.3 Å². The van der Waals surface area contributed by atoms with E-state index in [0.717, 1.165) is 13.0 Å². The van der Waals surface area contributed by atoms with Gasteiger partial charge in [-0.1, -0.05) is 6.58 Å². The first-order valence-corrected chi connectivity index (χ1v) is 5.78. The van der Waals surface area contributed by atoms with Gasteiger partial charge in [0.2, 0.25) is 0 Å². The van der Waals surface area contributed by atoms with Gasteiger partial charge in [-0.05, 0) is 40.9 Å². The van der Waals surface area contributed by atoms with Crippen LogP contribution >= 0.6 is 0 Å². The summed E-state index contributed by atoms with van der Waals surface area (Å²) >= 11 is 0. The molecular weight excluding hydrogens is 232 g/mol. The number of aliphatic carboxylic acids is 1. The van der Waals surface area contributed by atoms with Crippen LogP contribution in [0, 0.1) is 0 Å². The van der Waals surface area contributed by atoms with E-state index in [1.165, 1.54) is 18.0 Å². The number of rotatable bonds is 7. The third kappa shape index (κ3) is 6.20. The lowest BCUT2D eigenvalue weighted by Gasteiger charge is -2.20. The third-order valence-corrected chi connectivity index (χ3v) is 2.32. The normalized spacial score (nSPS) is 11.5. The lowest BCUT2D eigenvalue weighted by molar-refractivity contribution is -0.132. The van der Waals surface area contributed by atoms with E-state index >= 15 is 0 Å². The summed E-state index contributed by atoms with van der Waals surface area (Å²) in [5, 5.41) is 8.83. The zero-order valence-corrected chi connectivity index (χ0v) is 11.6. The highest BCUT2D eigenvalue weighted by Gasteiger charge is 2.13. The second kappa shape index (κ2) is 7.66. The SMILES string of the molecule is C=C(C)C(=O)N(C=C(C)C(=O)O)CCCN(C)C. The van der Waals surface area contributed by atoms with Crippen molar-refractivity contribution in [2.24, 2.45) is 0 Å². The lowest BCUT2D eigenvalue weighted by atomic mass is 10.2. The summed E-state index contributed by atoms with van der Waals surface area (Å²) in [5.41, 5.74) is 0.531. The Balaban J connectivity index is 4.73. The summed E-state index contributed by atoms with van der Waals surface area (Å²) in [5.74, 6) is -1.27. The largest absolute Gasteiger partial charge is 0.478 e. The summed E-state index contributed by atoms with van der Waals surface area (Å²) in [6, 6.07) is 0. The van der Waals surface area contributed by atoms with Crippen molar-refractivity contribution in [2.75, 3.05) is 27.2 Å². The van der Waals surface area contributed by atoms with E-state index < -0.39 is 5.97 Å². The molecule has 0 aliphatic rings. The Morgan fingerprint density at radius 1 is 1.22 bits per heavy atom. The van der Waals surface area contributed by atoms with Crippen molar-refractivity contribution in [3.8, 4) is 0 Å². The Labute approximate surface area is 108 Å². The van der Waals surface area contributed by atoms with Gasteiger partial charge in [0.1, 0.15) is 0 Å². The molecular formula is C13H22N2O3. The Hall–Kier alpha value is -1.62. The first-order valence-electron chi connectivity index (χ1n) is 5.78. The standard InChI is InChI=1S/C13H22N2O3/c1-10(2)12(16)15(8-6-7-14(4)5)9-11(3)13(17)18/h9H,1,6-8H2,2-5H3,(H,17,18). The van der Waals surface area contributed by atoms with Crippen LogP contribution in [0.2, 0.25) is 0 Å². The average Bonchev–Trinajstić information content (AvgIpc) is 2.25. The van der Waals surface area contributed by atoms with Gasteiger partial charge in [-0.15, -0.1) is 0 Å². The smallest absolute Gasteiger partial charge is 0.332 e. The van der Waals surface area contributed by atoms with E-state index in [9.17, 15) is 9.59 Å². The van der Waals surface area contributed by atoms with Crippen LogP contribution in [0.15, 0.2) is 23.9 Å². The molecule has 0 aromatic rings. The van der Waals surface area contributed by atoms with Gasteiger partial charge in [-0.2, -0.15) is 0 Å². The van der Waals surface area contributed by atoms with Gasteiger partial charge < -0.3 is 14.9 Å². The molecule has 5 heteroatoms. The number of carbonyl (C=O) groups is 2. The van der Waals surface area contributed by atoms with Crippen molar-refractivity contribution in [3.05, 3.63) is 23.9 Å². The van der Waals surface area contributed by atoms with E-state index in [0.29, 0.717) is 12.1 Å². The maximum absolute atomic E-state index is 11.9. The highest BCUT2D eigenvalue weighted by atomic mass is 16.4. The highest BCUT2D eigenvalue weighted by molar-refractivity contribution is 5.94. The van der Waals surface area contributed by atoms with Crippen molar-refractivity contribution < 1.29 is 14.7 Å². The zero-order valence-electron chi connectivity index (χ0n) is 11.6. The second-order valence-electron chi connectivity index (χ2n) is 4.55. The highest BCUT2D eigenvalue weighted by Crippen LogP contribution is 2.05. The molecule has 0 atom stereocenters. The molecule has 0 spiro atoms. The van der Waals surface area contributed by atoms with Crippen LogP contribution in [0.3, 0.4) is 0 Å². The molecule has 102 valence electrons. The fourth-order valence-electron chi connectivity index (χ4n) is 1.32. The average molecular weight is 254 g/mol. The second-order valence-corrected chi connectivity index (χ2v) is 4.55. The summed E-state index contributed by atoms with van der Waals surface area (Å²) in [6.45, 7) is 7.99. The number of hydrogen-bond acceptors (Lipinski definition) is 3. The van der Waals surface area contributed by atoms with Gasteiger partial charge in [-0.3, -0.25) is 4.79 Å². The van der Waals surface area contributed by atoms with Gasteiger partial charge >= 0.3 is 5.97 Å². The minimum atomic E-state index is -1.03. The van der Waals surface area contributed by atoms with Gasteiger partial charge in [0.05, 0.1) is 5.57 Å². The molecule has 0 unspecified atom stereocenters. The summed E-state index contributed by atoms with van der Waals surface area (Å²) < 4.78 is 0. The molecule has 0 aromatic carbocycles. The third-order valence-electron chi connectivity index (χ3n) is 2.32. The molecule has 1 amide bonds. The van der Waals surface area contributed by atoms with Crippen LogP contribution in [0.25, 0.3) is 0 Å². The van der Waals surface area contributed by atoms with Gasteiger partial charge in [0.25, 0.3) is 5.91 Å². The maximum atomic E-state index is 11.9. The number of nitrogens with zero attached hydrogens (tertiary/aromatic N) is 2. The fourth-order valence-corrected chi connectivity index (χ4v) is 1.32. The summed E-state index contributed by atoms with van der Waals surface area (Å²) in [6.07, 6.45) is 2.14. The van der Waals surface area contributed by atoms with Crippen LogP contribution in [-0.4, -0.2) is 54.0 Å². The number of carboxylic acids is 1. The van der Waals surface area contributed by atoms with E-state index in [1.807, 2.05) is 19.0 Å². The van der Waals surface area contributed by atoms with Gasteiger partial charge in [0.15, 0.2) is 0 Å². The Kier molecular flexibility index (Phi) is 6.97. The number of hydrogen-bond donors (Lipinski definition) is 1. The fraction of sp³-hybridized carbons (Fsp3) is 0.538. The molecule has 1 N–H and O–H groups in total. The Morgan fingerprint density at radius 2 is 1.78 bits per heavy atom. The predicted molar refractivity (Wildman–Crippen MR) is 71.1 cm³/mol. The van der Waals surface area contributed by atoms with Crippen LogP contribution in [-0.2, 0) is 9.59 Å². The molecule has 5 nitrogen and oxygen atoms in total. The summed E-state index contributed by atoms with van der Waals surface area (Å²) in [4.78, 5) is 26.0. The molecule has 0 bridgehead atoms. The Morgan fingerprint density at radius 3 is 2.17 bits per heavy atom. The van der Waals surface area contributed by atoms with Crippen LogP contribution < -0.4 is 0 Å². The van der Waals surface area contributed by atoms with E-state index in [1.54, 1.807) is 6.92 Å². The quantitative estimate of drug-likeness (QED) is 0.696. The van der Waals surface area contributed by atoms with E-state index in [-0.39, 0.29) is 11.5 Å². The van der Waals surface area contributed by atoms with E-state index in [2.05, 4.69) is 6.58 Å². The minimum absolute atomic E-state index is 0.134. The van der Waals surface area contributed by atoms with Crippen molar-refractivity contribution in [1.29, 1.82) is 0 Å².